The predicted molar refractivity (Wildman–Crippen MR) is 90.3 cm³/mol. The van der Waals surface area contributed by atoms with Gasteiger partial charge in [-0.15, -0.1) is 0 Å². The van der Waals surface area contributed by atoms with Crippen molar-refractivity contribution < 1.29 is 4.74 Å². The monoisotopic (exact) mass is 277 g/mol. The molecule has 0 amide bonds. The van der Waals surface area contributed by atoms with Crippen LogP contribution in [0.2, 0.25) is 0 Å². The molecule has 0 saturated carbocycles. The second-order valence-electron chi connectivity index (χ2n) is 5.22. The van der Waals surface area contributed by atoms with Crippen molar-refractivity contribution in [2.75, 3.05) is 19.7 Å². The van der Waals surface area contributed by atoms with Gasteiger partial charge in [0, 0.05) is 0 Å². The maximum absolute atomic E-state index is 5.45. The molecule has 0 heterocycles. The number of ether oxygens (including phenoxy) is 1. The molecule has 1 rings (SSSR count). The van der Waals surface area contributed by atoms with Gasteiger partial charge in [-0.2, -0.15) is 0 Å². The standard InChI is InChI=1S/C11H14O.C7H17N/c1-3-8-12-11-7-5-6-10(4-2)9-11;1-4-5-8-6-7(2)3/h4-7,9H,2-3,8H2,1H3;7-8H,4-6H2,1-3H3. The van der Waals surface area contributed by atoms with Crippen LogP contribution in [0.5, 0.6) is 5.75 Å². The Morgan fingerprint density at radius 3 is 2.55 bits per heavy atom. The number of hydrogen-bond acceptors (Lipinski definition) is 2. The Morgan fingerprint density at radius 1 is 1.25 bits per heavy atom. The molecule has 0 radical (unpaired) electrons. The molecule has 0 aliphatic carbocycles. The van der Waals surface area contributed by atoms with Crippen LogP contribution in [0, 0.1) is 5.92 Å². The van der Waals surface area contributed by atoms with Crippen molar-refractivity contribution >= 4 is 6.08 Å². The number of benzene rings is 1. The molecule has 0 unspecified atom stereocenters. The second kappa shape index (κ2) is 12.7. The van der Waals surface area contributed by atoms with Crippen LogP contribution in [-0.2, 0) is 0 Å². The van der Waals surface area contributed by atoms with E-state index in [2.05, 4.69) is 39.6 Å². The summed E-state index contributed by atoms with van der Waals surface area (Å²) in [6.07, 6.45) is 4.10. The Balaban J connectivity index is 0.000000396. The fourth-order valence-corrected chi connectivity index (χ4v) is 1.52. The van der Waals surface area contributed by atoms with Crippen LogP contribution < -0.4 is 10.1 Å². The molecule has 0 bridgehead atoms. The van der Waals surface area contributed by atoms with Gasteiger partial charge in [-0.05, 0) is 49.5 Å². The van der Waals surface area contributed by atoms with Crippen molar-refractivity contribution in [1.82, 2.24) is 5.32 Å². The van der Waals surface area contributed by atoms with Gasteiger partial charge in [0.1, 0.15) is 5.75 Å². The number of rotatable bonds is 8. The zero-order valence-electron chi connectivity index (χ0n) is 13.6. The highest BCUT2D eigenvalue weighted by Crippen LogP contribution is 2.13. The molecular weight excluding hydrogens is 246 g/mol. The highest BCUT2D eigenvalue weighted by atomic mass is 16.5. The van der Waals surface area contributed by atoms with E-state index < -0.39 is 0 Å². The van der Waals surface area contributed by atoms with Gasteiger partial charge in [0.15, 0.2) is 0 Å². The van der Waals surface area contributed by atoms with E-state index in [9.17, 15) is 0 Å². The summed E-state index contributed by atoms with van der Waals surface area (Å²) in [7, 11) is 0. The zero-order chi connectivity index (χ0) is 15.2. The molecule has 0 aromatic heterocycles. The summed E-state index contributed by atoms with van der Waals surface area (Å²) >= 11 is 0. The molecule has 0 spiro atoms. The fraction of sp³-hybridized carbons (Fsp3) is 0.556. The van der Waals surface area contributed by atoms with Crippen molar-refractivity contribution in [2.24, 2.45) is 5.92 Å². The molecule has 0 saturated heterocycles. The van der Waals surface area contributed by atoms with Crippen LogP contribution in [0.4, 0.5) is 0 Å². The third-order valence-corrected chi connectivity index (χ3v) is 2.55. The topological polar surface area (TPSA) is 21.3 Å². The summed E-state index contributed by atoms with van der Waals surface area (Å²) in [5.74, 6) is 1.72. The minimum absolute atomic E-state index is 0.778. The maximum atomic E-state index is 5.45. The quantitative estimate of drug-likeness (QED) is 0.692. The van der Waals surface area contributed by atoms with E-state index in [1.54, 1.807) is 0 Å². The largest absolute Gasteiger partial charge is 0.494 e. The maximum Gasteiger partial charge on any atom is 0.119 e. The van der Waals surface area contributed by atoms with Gasteiger partial charge >= 0.3 is 0 Å². The fourth-order valence-electron chi connectivity index (χ4n) is 1.52. The van der Waals surface area contributed by atoms with Crippen LogP contribution in [-0.4, -0.2) is 19.7 Å². The normalized spacial score (nSPS) is 9.85. The molecule has 114 valence electrons. The Morgan fingerprint density at radius 2 is 2.00 bits per heavy atom. The molecule has 2 nitrogen and oxygen atoms in total. The molecule has 0 aliphatic rings. The van der Waals surface area contributed by atoms with Crippen molar-refractivity contribution in [1.29, 1.82) is 0 Å². The molecule has 20 heavy (non-hydrogen) atoms. The van der Waals surface area contributed by atoms with Crippen LogP contribution in [0.15, 0.2) is 30.8 Å². The first kappa shape index (κ1) is 18.7. The molecule has 0 aliphatic heterocycles. The Bertz CT molecular complexity index is 347. The average molecular weight is 277 g/mol. The van der Waals surface area contributed by atoms with Crippen molar-refractivity contribution in [3.05, 3.63) is 36.4 Å². The third-order valence-electron chi connectivity index (χ3n) is 2.55. The lowest BCUT2D eigenvalue weighted by molar-refractivity contribution is 0.317. The van der Waals surface area contributed by atoms with Crippen molar-refractivity contribution in [2.45, 2.75) is 40.5 Å². The average Bonchev–Trinajstić information content (AvgIpc) is 2.46. The first-order valence-corrected chi connectivity index (χ1v) is 7.70. The predicted octanol–water partition coefficient (Wildman–Crippen LogP) is 4.76. The van der Waals surface area contributed by atoms with Gasteiger partial charge in [0.05, 0.1) is 6.61 Å². The minimum atomic E-state index is 0.778. The van der Waals surface area contributed by atoms with Crippen molar-refractivity contribution in [3.8, 4) is 5.75 Å². The minimum Gasteiger partial charge on any atom is -0.494 e. The van der Waals surface area contributed by atoms with Gasteiger partial charge in [-0.25, -0.2) is 0 Å². The number of hydrogen-bond donors (Lipinski definition) is 1. The highest BCUT2D eigenvalue weighted by molar-refractivity contribution is 5.49. The van der Waals surface area contributed by atoms with E-state index >= 15 is 0 Å². The summed E-state index contributed by atoms with van der Waals surface area (Å²) in [6, 6.07) is 7.93. The first-order chi connectivity index (χ1) is 9.63. The molecule has 1 aromatic carbocycles. The van der Waals surface area contributed by atoms with E-state index in [0.717, 1.165) is 43.3 Å². The summed E-state index contributed by atoms with van der Waals surface area (Å²) < 4.78 is 5.45. The molecule has 1 aromatic rings. The van der Waals surface area contributed by atoms with Crippen molar-refractivity contribution in [3.63, 3.8) is 0 Å². The van der Waals surface area contributed by atoms with Gasteiger partial charge < -0.3 is 10.1 Å². The Kier molecular flexibility index (Phi) is 11.9. The zero-order valence-corrected chi connectivity index (χ0v) is 13.6. The molecule has 1 N–H and O–H groups in total. The molecule has 0 fully saturated rings. The first-order valence-electron chi connectivity index (χ1n) is 7.70. The summed E-state index contributed by atoms with van der Waals surface area (Å²) in [5, 5.41) is 3.33. The van der Waals surface area contributed by atoms with Crippen LogP contribution in [0.1, 0.15) is 46.1 Å². The summed E-state index contributed by atoms with van der Waals surface area (Å²) in [5.41, 5.74) is 1.10. The second-order valence-corrected chi connectivity index (χ2v) is 5.22. The third kappa shape index (κ3) is 10.6. The van der Waals surface area contributed by atoms with Crippen LogP contribution in [0.3, 0.4) is 0 Å². The molecule has 2 heteroatoms. The lowest BCUT2D eigenvalue weighted by Crippen LogP contribution is -2.19. The van der Waals surface area contributed by atoms with E-state index in [-0.39, 0.29) is 0 Å². The van der Waals surface area contributed by atoms with E-state index in [4.69, 9.17) is 4.74 Å². The van der Waals surface area contributed by atoms with Crippen LogP contribution in [0.25, 0.3) is 6.08 Å². The number of nitrogens with one attached hydrogen (secondary N) is 1. The Hall–Kier alpha value is -1.28. The van der Waals surface area contributed by atoms with E-state index in [1.807, 2.05) is 30.3 Å². The SMILES string of the molecule is C=Cc1cccc(OCCC)c1.CCCNCC(C)C. The lowest BCUT2D eigenvalue weighted by Gasteiger charge is -2.04. The summed E-state index contributed by atoms with van der Waals surface area (Å²) in [4.78, 5) is 0. The smallest absolute Gasteiger partial charge is 0.119 e. The van der Waals surface area contributed by atoms with Gasteiger partial charge in [-0.1, -0.05) is 52.5 Å². The van der Waals surface area contributed by atoms with Gasteiger partial charge in [-0.3, -0.25) is 0 Å². The highest BCUT2D eigenvalue weighted by Gasteiger charge is 1.92. The van der Waals surface area contributed by atoms with Crippen LogP contribution >= 0.6 is 0 Å². The van der Waals surface area contributed by atoms with E-state index in [0.29, 0.717) is 0 Å². The Labute approximate surface area is 125 Å². The van der Waals surface area contributed by atoms with E-state index in [1.165, 1.54) is 6.42 Å². The van der Waals surface area contributed by atoms with Gasteiger partial charge in [0.25, 0.3) is 0 Å². The lowest BCUT2D eigenvalue weighted by atomic mass is 10.2. The van der Waals surface area contributed by atoms with Gasteiger partial charge in [0.2, 0.25) is 0 Å². The summed E-state index contributed by atoms with van der Waals surface area (Å²) in [6.45, 7) is 15.5. The molecule has 0 atom stereocenters. The molecular formula is C18H31NO.